The summed E-state index contributed by atoms with van der Waals surface area (Å²) in [5, 5.41) is 2.57. The Balaban J connectivity index is 1.99. The number of aromatic nitrogens is 1. The fourth-order valence-electron chi connectivity index (χ4n) is 1.99. The van der Waals surface area contributed by atoms with Crippen molar-refractivity contribution in [2.75, 3.05) is 18.5 Å². The zero-order valence-electron chi connectivity index (χ0n) is 14.4. The van der Waals surface area contributed by atoms with E-state index < -0.39 is 28.5 Å². The summed E-state index contributed by atoms with van der Waals surface area (Å²) in [6.07, 6.45) is 2.10. The molecule has 0 aliphatic rings. The Morgan fingerprint density at radius 2 is 2.00 bits per heavy atom. The van der Waals surface area contributed by atoms with E-state index in [4.69, 9.17) is 16.3 Å². The minimum atomic E-state index is -3.71. The van der Waals surface area contributed by atoms with Gasteiger partial charge < -0.3 is 10.1 Å². The monoisotopic (exact) mass is 411 g/mol. The summed E-state index contributed by atoms with van der Waals surface area (Å²) in [7, 11) is -3.71. The van der Waals surface area contributed by atoms with E-state index in [1.807, 2.05) is 6.92 Å². The highest BCUT2D eigenvalue weighted by molar-refractivity contribution is 7.89. The van der Waals surface area contributed by atoms with Crippen molar-refractivity contribution in [1.82, 2.24) is 9.71 Å². The van der Waals surface area contributed by atoms with Gasteiger partial charge in [0.1, 0.15) is 0 Å². The number of nitrogens with one attached hydrogen (secondary N) is 2. The van der Waals surface area contributed by atoms with Gasteiger partial charge in [-0.2, -0.15) is 0 Å². The number of pyridine rings is 1. The number of nitrogens with zero attached hydrogens (tertiary/aromatic N) is 1. The molecule has 1 aromatic heterocycles. The fraction of sp³-hybridized carbons (Fsp3) is 0.235. The molecule has 2 N–H and O–H groups in total. The fourth-order valence-corrected chi connectivity index (χ4v) is 3.34. The molecule has 8 nitrogen and oxygen atoms in total. The van der Waals surface area contributed by atoms with E-state index in [2.05, 4.69) is 15.0 Å². The Morgan fingerprint density at radius 1 is 1.22 bits per heavy atom. The lowest BCUT2D eigenvalue weighted by atomic mass is 10.2. The molecule has 0 bridgehead atoms. The Bertz CT molecular complexity index is 934. The van der Waals surface area contributed by atoms with Crippen LogP contribution in [0, 0.1) is 0 Å². The van der Waals surface area contributed by atoms with Gasteiger partial charge in [-0.15, -0.1) is 0 Å². The van der Waals surface area contributed by atoms with Crippen molar-refractivity contribution in [2.24, 2.45) is 0 Å². The van der Waals surface area contributed by atoms with Crippen molar-refractivity contribution in [1.29, 1.82) is 0 Å². The normalized spacial score (nSPS) is 11.0. The first-order valence-corrected chi connectivity index (χ1v) is 9.87. The van der Waals surface area contributed by atoms with Gasteiger partial charge in [-0.3, -0.25) is 4.79 Å². The molecule has 0 atom stereocenters. The Morgan fingerprint density at radius 3 is 2.70 bits per heavy atom. The van der Waals surface area contributed by atoms with Crippen molar-refractivity contribution < 1.29 is 22.7 Å². The van der Waals surface area contributed by atoms with E-state index >= 15 is 0 Å². The van der Waals surface area contributed by atoms with Gasteiger partial charge in [-0.1, -0.05) is 24.6 Å². The SMILES string of the molecule is CCCNS(=O)(=O)c1cccc(C(=O)OCC(=O)Nc2cccnc2Cl)c1. The van der Waals surface area contributed by atoms with E-state index in [1.165, 1.54) is 30.5 Å². The van der Waals surface area contributed by atoms with E-state index in [0.29, 0.717) is 6.42 Å². The number of hydrogen-bond donors (Lipinski definition) is 2. The van der Waals surface area contributed by atoms with Gasteiger partial charge in [0.25, 0.3) is 5.91 Å². The van der Waals surface area contributed by atoms with Crippen molar-refractivity contribution in [2.45, 2.75) is 18.2 Å². The Hall–Kier alpha value is -2.49. The number of anilines is 1. The zero-order chi connectivity index (χ0) is 19.9. The molecule has 0 unspecified atom stereocenters. The van der Waals surface area contributed by atoms with Crippen LogP contribution in [0.3, 0.4) is 0 Å². The summed E-state index contributed by atoms with van der Waals surface area (Å²) < 4.78 is 31.6. The molecule has 1 aromatic carbocycles. The number of benzene rings is 1. The number of ether oxygens (including phenoxy) is 1. The van der Waals surface area contributed by atoms with Gasteiger partial charge >= 0.3 is 5.97 Å². The standard InChI is InChI=1S/C17H18ClN3O5S/c1-2-8-20-27(24,25)13-6-3-5-12(10-13)17(23)26-11-15(22)21-14-7-4-9-19-16(14)18/h3-7,9-10,20H,2,8,11H2,1H3,(H,21,22). The van der Waals surface area contributed by atoms with Crippen LogP contribution in [-0.4, -0.2) is 38.4 Å². The number of carbonyl (C=O) groups is 2. The molecule has 0 aliphatic carbocycles. The van der Waals surface area contributed by atoms with Crippen LogP contribution in [-0.2, 0) is 19.6 Å². The molecule has 27 heavy (non-hydrogen) atoms. The van der Waals surface area contributed by atoms with E-state index in [9.17, 15) is 18.0 Å². The molecule has 2 aromatic rings. The van der Waals surface area contributed by atoms with Crippen molar-refractivity contribution >= 4 is 39.2 Å². The molecular weight excluding hydrogens is 394 g/mol. The summed E-state index contributed by atoms with van der Waals surface area (Å²) in [5.74, 6) is -1.43. The lowest BCUT2D eigenvalue weighted by molar-refractivity contribution is -0.119. The van der Waals surface area contributed by atoms with E-state index in [0.717, 1.165) is 0 Å². The summed E-state index contributed by atoms with van der Waals surface area (Å²) >= 11 is 5.83. The van der Waals surface area contributed by atoms with Crippen LogP contribution >= 0.6 is 11.6 Å². The number of hydrogen-bond acceptors (Lipinski definition) is 6. The molecule has 0 saturated carbocycles. The first kappa shape index (κ1) is 20.8. The van der Waals surface area contributed by atoms with E-state index in [-0.39, 0.29) is 27.8 Å². The van der Waals surface area contributed by atoms with Crippen LogP contribution in [0.1, 0.15) is 23.7 Å². The molecule has 0 fully saturated rings. The lowest BCUT2D eigenvalue weighted by Gasteiger charge is -2.09. The van der Waals surface area contributed by atoms with Crippen molar-refractivity contribution in [3.8, 4) is 0 Å². The second-order valence-electron chi connectivity index (χ2n) is 5.39. The molecule has 0 radical (unpaired) electrons. The third-order valence-electron chi connectivity index (χ3n) is 3.29. The highest BCUT2D eigenvalue weighted by atomic mass is 35.5. The van der Waals surface area contributed by atoms with Crippen LogP contribution in [0.25, 0.3) is 0 Å². The highest BCUT2D eigenvalue weighted by Gasteiger charge is 2.17. The van der Waals surface area contributed by atoms with Gasteiger partial charge in [0, 0.05) is 12.7 Å². The number of halogens is 1. The number of esters is 1. The largest absolute Gasteiger partial charge is 0.452 e. The maximum atomic E-state index is 12.1. The predicted octanol–water partition coefficient (Wildman–Crippen LogP) is 2.22. The van der Waals surface area contributed by atoms with Crippen molar-refractivity contribution in [3.63, 3.8) is 0 Å². The molecule has 1 amide bonds. The maximum Gasteiger partial charge on any atom is 0.338 e. The first-order chi connectivity index (χ1) is 12.8. The first-order valence-electron chi connectivity index (χ1n) is 8.00. The lowest BCUT2D eigenvalue weighted by Crippen LogP contribution is -2.25. The molecular formula is C17H18ClN3O5S. The van der Waals surface area contributed by atoms with Crippen LogP contribution in [0.4, 0.5) is 5.69 Å². The third-order valence-corrected chi connectivity index (χ3v) is 5.05. The molecule has 0 saturated heterocycles. The molecule has 1 heterocycles. The Kier molecular flexibility index (Phi) is 7.28. The van der Waals surface area contributed by atoms with Crippen LogP contribution in [0.5, 0.6) is 0 Å². The second-order valence-corrected chi connectivity index (χ2v) is 7.52. The highest BCUT2D eigenvalue weighted by Crippen LogP contribution is 2.17. The van der Waals surface area contributed by atoms with Crippen LogP contribution in [0.15, 0.2) is 47.5 Å². The van der Waals surface area contributed by atoms with Gasteiger partial charge in [0.15, 0.2) is 11.8 Å². The molecule has 0 spiro atoms. The van der Waals surface area contributed by atoms with E-state index in [1.54, 1.807) is 12.1 Å². The topological polar surface area (TPSA) is 114 Å². The minimum Gasteiger partial charge on any atom is -0.452 e. The van der Waals surface area contributed by atoms with Crippen molar-refractivity contribution in [3.05, 3.63) is 53.3 Å². The van der Waals surface area contributed by atoms with Gasteiger partial charge in [0.2, 0.25) is 10.0 Å². The summed E-state index contributed by atoms with van der Waals surface area (Å²) in [5.41, 5.74) is 0.303. The average Bonchev–Trinajstić information content (AvgIpc) is 2.66. The Labute approximate surface area is 161 Å². The zero-order valence-corrected chi connectivity index (χ0v) is 16.0. The quantitative estimate of drug-likeness (QED) is 0.508. The third kappa shape index (κ3) is 6.02. The minimum absolute atomic E-state index is 0.0154. The van der Waals surface area contributed by atoms with Gasteiger partial charge in [0.05, 0.1) is 16.1 Å². The number of rotatable bonds is 8. The summed E-state index contributed by atoms with van der Waals surface area (Å²) in [4.78, 5) is 27.7. The maximum absolute atomic E-state index is 12.1. The number of sulfonamides is 1. The second kappa shape index (κ2) is 9.45. The molecule has 0 aliphatic heterocycles. The number of carbonyl (C=O) groups excluding carboxylic acids is 2. The van der Waals surface area contributed by atoms with Crippen LogP contribution in [0.2, 0.25) is 5.15 Å². The smallest absolute Gasteiger partial charge is 0.338 e. The van der Waals surface area contributed by atoms with Gasteiger partial charge in [-0.25, -0.2) is 22.9 Å². The predicted molar refractivity (Wildman–Crippen MR) is 100 cm³/mol. The average molecular weight is 412 g/mol. The van der Waals surface area contributed by atoms with Crippen LogP contribution < -0.4 is 10.0 Å². The molecule has 144 valence electrons. The summed E-state index contributed by atoms with van der Waals surface area (Å²) in [6, 6.07) is 8.52. The van der Waals surface area contributed by atoms with Gasteiger partial charge in [-0.05, 0) is 36.8 Å². The molecule has 2 rings (SSSR count). The molecule has 10 heteroatoms. The number of amides is 1. The summed E-state index contributed by atoms with van der Waals surface area (Å²) in [6.45, 7) is 1.56.